The van der Waals surface area contributed by atoms with Crippen LogP contribution in [0.4, 0.5) is 0 Å². The minimum Gasteiger partial charge on any atom is -0.425 e. The maximum atomic E-state index is 11.7. The van der Waals surface area contributed by atoms with Crippen molar-refractivity contribution >= 4 is 5.52 Å². The molecule has 0 unspecified atom stereocenters. The Bertz CT molecular complexity index is 758. The van der Waals surface area contributed by atoms with E-state index in [0.717, 1.165) is 12.0 Å². The average molecular weight is 283 g/mol. The molecule has 0 aliphatic rings. The average Bonchev–Trinajstić information content (AvgIpc) is 2.97. The summed E-state index contributed by atoms with van der Waals surface area (Å²) in [5.41, 5.74) is 1.44. The zero-order chi connectivity index (χ0) is 14.5. The molecule has 0 amide bonds. The first kappa shape index (κ1) is 13.6. The van der Waals surface area contributed by atoms with Gasteiger partial charge in [0.05, 0.1) is 6.61 Å². The van der Waals surface area contributed by atoms with Crippen molar-refractivity contribution in [3.05, 3.63) is 76.6 Å². The van der Waals surface area contributed by atoms with E-state index in [4.69, 9.17) is 9.15 Å². The van der Waals surface area contributed by atoms with Crippen molar-refractivity contribution in [1.82, 2.24) is 4.40 Å². The topological polar surface area (TPSA) is 43.8 Å². The molecule has 0 fully saturated rings. The Morgan fingerprint density at radius 2 is 1.95 bits per heavy atom. The van der Waals surface area contributed by atoms with Gasteiger partial charge in [0.2, 0.25) is 0 Å². The fourth-order valence-electron chi connectivity index (χ4n) is 2.26. The quantitative estimate of drug-likeness (QED) is 0.653. The molecule has 0 saturated carbocycles. The van der Waals surface area contributed by atoms with Gasteiger partial charge < -0.3 is 13.6 Å². The molecule has 0 spiro atoms. The Morgan fingerprint density at radius 1 is 1.10 bits per heavy atom. The van der Waals surface area contributed by atoms with Gasteiger partial charge in [-0.3, -0.25) is 0 Å². The standard InChI is InChI=1S/C17H17NO3/c19-17-16-9-4-10-18(16)12-15(21-17)8-5-11-20-13-14-6-2-1-3-7-14/h1-4,6-7,9-10,12H,5,8,11,13H2. The largest absolute Gasteiger partial charge is 0.425 e. The van der Waals surface area contributed by atoms with Crippen molar-refractivity contribution in [2.24, 2.45) is 0 Å². The van der Waals surface area contributed by atoms with E-state index in [2.05, 4.69) is 0 Å². The second kappa shape index (κ2) is 6.41. The maximum Gasteiger partial charge on any atom is 0.360 e. The van der Waals surface area contributed by atoms with Crippen LogP contribution in [0.2, 0.25) is 0 Å². The normalized spacial score (nSPS) is 11.0. The molecule has 4 heteroatoms. The Morgan fingerprint density at radius 3 is 2.81 bits per heavy atom. The molecule has 3 rings (SSSR count). The number of nitrogens with zero attached hydrogens (tertiary/aromatic N) is 1. The first-order chi connectivity index (χ1) is 10.3. The molecule has 2 heterocycles. The summed E-state index contributed by atoms with van der Waals surface area (Å²) in [6.45, 7) is 1.25. The van der Waals surface area contributed by atoms with Crippen LogP contribution in [0.3, 0.4) is 0 Å². The Kier molecular flexibility index (Phi) is 4.17. The van der Waals surface area contributed by atoms with Gasteiger partial charge in [-0.1, -0.05) is 30.3 Å². The van der Waals surface area contributed by atoms with Gasteiger partial charge in [-0.2, -0.15) is 0 Å². The molecule has 21 heavy (non-hydrogen) atoms. The molecule has 3 aromatic rings. The predicted molar refractivity (Wildman–Crippen MR) is 80.4 cm³/mol. The van der Waals surface area contributed by atoms with Crippen molar-refractivity contribution in [1.29, 1.82) is 0 Å². The summed E-state index contributed by atoms with van der Waals surface area (Å²) < 4.78 is 12.7. The summed E-state index contributed by atoms with van der Waals surface area (Å²) >= 11 is 0. The van der Waals surface area contributed by atoms with Gasteiger partial charge >= 0.3 is 5.63 Å². The van der Waals surface area contributed by atoms with E-state index in [-0.39, 0.29) is 5.63 Å². The lowest BCUT2D eigenvalue weighted by Gasteiger charge is -2.04. The molecule has 0 aliphatic carbocycles. The highest BCUT2D eigenvalue weighted by Gasteiger charge is 2.03. The van der Waals surface area contributed by atoms with Gasteiger partial charge in [-0.05, 0) is 24.1 Å². The first-order valence-corrected chi connectivity index (χ1v) is 7.04. The molecule has 1 aromatic carbocycles. The molecule has 0 radical (unpaired) electrons. The van der Waals surface area contributed by atoms with Crippen LogP contribution in [0.15, 0.2) is 64.1 Å². The van der Waals surface area contributed by atoms with Crippen molar-refractivity contribution < 1.29 is 9.15 Å². The number of hydrogen-bond acceptors (Lipinski definition) is 3. The Balaban J connectivity index is 1.49. The van der Waals surface area contributed by atoms with Crippen LogP contribution in [-0.4, -0.2) is 11.0 Å². The van der Waals surface area contributed by atoms with Gasteiger partial charge in [0.15, 0.2) is 0 Å². The molecule has 0 aliphatic heterocycles. The third-order valence-electron chi connectivity index (χ3n) is 3.32. The smallest absolute Gasteiger partial charge is 0.360 e. The predicted octanol–water partition coefficient (Wildman–Crippen LogP) is 3.04. The second-order valence-corrected chi connectivity index (χ2v) is 4.93. The summed E-state index contributed by atoms with van der Waals surface area (Å²) in [7, 11) is 0. The summed E-state index contributed by atoms with van der Waals surface area (Å²) in [5.74, 6) is 0.687. The van der Waals surface area contributed by atoms with E-state index >= 15 is 0 Å². The molecule has 0 atom stereocenters. The highest BCUT2D eigenvalue weighted by atomic mass is 16.5. The second-order valence-electron chi connectivity index (χ2n) is 4.93. The highest BCUT2D eigenvalue weighted by Crippen LogP contribution is 2.06. The van der Waals surface area contributed by atoms with Crippen molar-refractivity contribution in [3.63, 3.8) is 0 Å². The summed E-state index contributed by atoms with van der Waals surface area (Å²) in [4.78, 5) is 11.7. The number of ether oxygens (including phenoxy) is 1. The van der Waals surface area contributed by atoms with Crippen LogP contribution in [-0.2, 0) is 17.8 Å². The van der Waals surface area contributed by atoms with Gasteiger partial charge in [0.25, 0.3) is 0 Å². The molecule has 0 N–H and O–H groups in total. The molecular weight excluding hydrogens is 266 g/mol. The summed E-state index contributed by atoms with van der Waals surface area (Å²) in [6, 6.07) is 13.7. The zero-order valence-corrected chi connectivity index (χ0v) is 11.7. The molecule has 4 nitrogen and oxygen atoms in total. The highest BCUT2D eigenvalue weighted by molar-refractivity contribution is 5.43. The molecular formula is C17H17NO3. The number of fused-ring (bicyclic) bond motifs is 1. The first-order valence-electron chi connectivity index (χ1n) is 7.04. The van der Waals surface area contributed by atoms with Crippen LogP contribution in [0.25, 0.3) is 5.52 Å². The zero-order valence-electron chi connectivity index (χ0n) is 11.7. The number of aromatic nitrogens is 1. The van der Waals surface area contributed by atoms with Gasteiger partial charge in [-0.25, -0.2) is 4.79 Å². The van der Waals surface area contributed by atoms with Crippen LogP contribution >= 0.6 is 0 Å². The number of aryl methyl sites for hydroxylation is 1. The van der Waals surface area contributed by atoms with Crippen molar-refractivity contribution in [3.8, 4) is 0 Å². The lowest BCUT2D eigenvalue weighted by Crippen LogP contribution is -2.06. The van der Waals surface area contributed by atoms with Crippen molar-refractivity contribution in [2.75, 3.05) is 6.61 Å². The van der Waals surface area contributed by atoms with Gasteiger partial charge in [-0.15, -0.1) is 0 Å². The third-order valence-corrected chi connectivity index (χ3v) is 3.32. The third kappa shape index (κ3) is 3.41. The van der Waals surface area contributed by atoms with E-state index < -0.39 is 0 Å². The summed E-state index contributed by atoms with van der Waals surface area (Å²) in [6.07, 6.45) is 5.22. The lowest BCUT2D eigenvalue weighted by atomic mass is 10.2. The van der Waals surface area contributed by atoms with Crippen LogP contribution in [0.1, 0.15) is 17.7 Å². The fraction of sp³-hybridized carbons (Fsp3) is 0.235. The Hall–Kier alpha value is -2.33. The van der Waals surface area contributed by atoms with Crippen LogP contribution in [0, 0.1) is 0 Å². The minimum atomic E-state index is -0.289. The molecule has 0 saturated heterocycles. The fourth-order valence-corrected chi connectivity index (χ4v) is 2.26. The SMILES string of the molecule is O=c1oc(CCCOCc2ccccc2)cn2cccc12. The van der Waals surface area contributed by atoms with E-state index in [1.165, 1.54) is 0 Å². The molecule has 0 bridgehead atoms. The number of rotatable bonds is 6. The van der Waals surface area contributed by atoms with Gasteiger partial charge in [0, 0.05) is 25.4 Å². The van der Waals surface area contributed by atoms with E-state index in [9.17, 15) is 4.79 Å². The van der Waals surface area contributed by atoms with E-state index in [1.54, 1.807) is 10.5 Å². The van der Waals surface area contributed by atoms with Crippen LogP contribution < -0.4 is 5.63 Å². The Labute approximate surface area is 122 Å². The monoisotopic (exact) mass is 283 g/mol. The molecule has 108 valence electrons. The minimum absolute atomic E-state index is 0.289. The van der Waals surface area contributed by atoms with Crippen molar-refractivity contribution in [2.45, 2.75) is 19.4 Å². The lowest BCUT2D eigenvalue weighted by molar-refractivity contribution is 0.117. The summed E-state index contributed by atoms with van der Waals surface area (Å²) in [5, 5.41) is 0. The number of hydrogen-bond donors (Lipinski definition) is 0. The van der Waals surface area contributed by atoms with Crippen LogP contribution in [0.5, 0.6) is 0 Å². The number of benzene rings is 1. The van der Waals surface area contributed by atoms with E-state index in [0.29, 0.717) is 30.9 Å². The van der Waals surface area contributed by atoms with Gasteiger partial charge in [0.1, 0.15) is 11.3 Å². The maximum absolute atomic E-state index is 11.7. The van der Waals surface area contributed by atoms with E-state index in [1.807, 2.05) is 48.8 Å². The molecule has 2 aromatic heterocycles.